The number of nitrogens with one attached hydrogen (secondary N) is 1. The zero-order chi connectivity index (χ0) is 24.4. The molecule has 5 aromatic rings. The Morgan fingerprint density at radius 2 is 1.69 bits per heavy atom. The molecule has 5 rings (SSSR count). The van der Waals surface area contributed by atoms with Crippen LogP contribution >= 0.6 is 15.9 Å². The van der Waals surface area contributed by atoms with Gasteiger partial charge in [0.15, 0.2) is 5.76 Å². The zero-order valence-electron chi connectivity index (χ0n) is 19.4. The Kier molecular flexibility index (Phi) is 6.37. The maximum absolute atomic E-state index is 12.9. The summed E-state index contributed by atoms with van der Waals surface area (Å²) in [6, 6.07) is 23.4. The topological polar surface area (TPSA) is 77.9 Å². The van der Waals surface area contributed by atoms with E-state index >= 15 is 0 Å². The number of amides is 1. The molecule has 0 aliphatic heterocycles. The average molecular weight is 530 g/mol. The van der Waals surface area contributed by atoms with Gasteiger partial charge in [-0.15, -0.1) is 0 Å². The van der Waals surface area contributed by atoms with E-state index in [4.69, 9.17) is 9.52 Å². The third-order valence-corrected chi connectivity index (χ3v) is 6.93. The average Bonchev–Trinajstić information content (AvgIpc) is 3.59. The third kappa shape index (κ3) is 4.83. The standard InChI is InChI=1S/C27H24BrN5O2/c1-18-25(28)19(2)32(30-18)17-23-13-14-24(35-23)27(34)29-15-21-16-33(22-11-7-4-8-12-22)31-26(21)20-9-5-3-6-10-20/h3-14,16H,15,17H2,1-2H3,(H,29,34). The molecule has 0 fully saturated rings. The third-order valence-electron chi connectivity index (χ3n) is 5.78. The molecule has 8 heteroatoms. The van der Waals surface area contributed by atoms with Crippen molar-refractivity contribution >= 4 is 21.8 Å². The molecule has 35 heavy (non-hydrogen) atoms. The van der Waals surface area contributed by atoms with Gasteiger partial charge in [-0.2, -0.15) is 10.2 Å². The van der Waals surface area contributed by atoms with Gasteiger partial charge in [-0.1, -0.05) is 48.5 Å². The maximum Gasteiger partial charge on any atom is 0.287 e. The molecule has 1 N–H and O–H groups in total. The number of furan rings is 1. The molecular weight excluding hydrogens is 506 g/mol. The summed E-state index contributed by atoms with van der Waals surface area (Å²) in [6.07, 6.45) is 1.95. The minimum atomic E-state index is -0.280. The van der Waals surface area contributed by atoms with E-state index in [-0.39, 0.29) is 11.7 Å². The number of rotatable bonds is 7. The minimum absolute atomic E-state index is 0.261. The van der Waals surface area contributed by atoms with E-state index in [1.807, 2.05) is 96.1 Å². The fourth-order valence-electron chi connectivity index (χ4n) is 3.92. The predicted molar refractivity (Wildman–Crippen MR) is 137 cm³/mol. The second kappa shape index (κ2) is 9.76. The quantitative estimate of drug-likeness (QED) is 0.294. The van der Waals surface area contributed by atoms with Crippen LogP contribution in [0.3, 0.4) is 0 Å². The second-order valence-corrected chi connectivity index (χ2v) is 9.03. The van der Waals surface area contributed by atoms with Gasteiger partial charge in [0.2, 0.25) is 0 Å². The molecule has 3 heterocycles. The molecule has 0 unspecified atom stereocenters. The van der Waals surface area contributed by atoms with Crippen molar-refractivity contribution in [1.29, 1.82) is 0 Å². The Balaban J connectivity index is 1.33. The lowest BCUT2D eigenvalue weighted by Crippen LogP contribution is -2.22. The molecule has 7 nitrogen and oxygen atoms in total. The van der Waals surface area contributed by atoms with Crippen LogP contribution in [0.1, 0.15) is 33.3 Å². The van der Waals surface area contributed by atoms with Crippen LogP contribution in [0.2, 0.25) is 0 Å². The SMILES string of the molecule is Cc1nn(Cc2ccc(C(=O)NCc3cn(-c4ccccc4)nc3-c3ccccc3)o2)c(C)c1Br. The lowest BCUT2D eigenvalue weighted by atomic mass is 10.1. The van der Waals surface area contributed by atoms with Gasteiger partial charge in [0.1, 0.15) is 5.76 Å². The molecule has 0 saturated carbocycles. The van der Waals surface area contributed by atoms with Crippen LogP contribution in [0.25, 0.3) is 16.9 Å². The van der Waals surface area contributed by atoms with Crippen LogP contribution in [0.15, 0.2) is 87.9 Å². The van der Waals surface area contributed by atoms with Gasteiger partial charge < -0.3 is 9.73 Å². The molecule has 0 radical (unpaired) electrons. The zero-order valence-corrected chi connectivity index (χ0v) is 21.0. The van der Waals surface area contributed by atoms with E-state index in [0.717, 1.165) is 38.4 Å². The number of carbonyl (C=O) groups excluding carboxylic acids is 1. The second-order valence-electron chi connectivity index (χ2n) is 8.24. The van der Waals surface area contributed by atoms with Crippen LogP contribution in [0.5, 0.6) is 0 Å². The molecule has 0 saturated heterocycles. The summed E-state index contributed by atoms with van der Waals surface area (Å²) in [5.41, 5.74) is 5.60. The Hall–Kier alpha value is -3.91. The highest BCUT2D eigenvalue weighted by Gasteiger charge is 2.17. The van der Waals surface area contributed by atoms with Crippen molar-refractivity contribution in [3.63, 3.8) is 0 Å². The smallest absolute Gasteiger partial charge is 0.287 e. The number of aromatic nitrogens is 4. The highest BCUT2D eigenvalue weighted by atomic mass is 79.9. The fraction of sp³-hybridized carbons (Fsp3) is 0.148. The van der Waals surface area contributed by atoms with Gasteiger partial charge >= 0.3 is 0 Å². The molecule has 0 atom stereocenters. The van der Waals surface area contributed by atoms with Crippen LogP contribution in [0, 0.1) is 13.8 Å². The Morgan fingerprint density at radius 3 is 2.37 bits per heavy atom. The normalized spacial score (nSPS) is 11.1. The number of para-hydroxylation sites is 1. The van der Waals surface area contributed by atoms with E-state index in [0.29, 0.717) is 18.8 Å². The van der Waals surface area contributed by atoms with Crippen LogP contribution < -0.4 is 5.32 Å². The predicted octanol–water partition coefficient (Wildman–Crippen LogP) is 5.69. The number of nitrogens with zero attached hydrogens (tertiary/aromatic N) is 4. The first-order valence-corrected chi connectivity index (χ1v) is 12.0. The van der Waals surface area contributed by atoms with Gasteiger partial charge in [-0.05, 0) is 54.0 Å². The molecule has 0 spiro atoms. The van der Waals surface area contributed by atoms with E-state index in [2.05, 4.69) is 26.3 Å². The van der Waals surface area contributed by atoms with Crippen LogP contribution in [-0.4, -0.2) is 25.5 Å². The molecule has 0 bridgehead atoms. The van der Waals surface area contributed by atoms with Gasteiger partial charge in [-0.25, -0.2) is 4.68 Å². The molecular formula is C27H24BrN5O2. The summed E-state index contributed by atoms with van der Waals surface area (Å²) >= 11 is 3.54. The summed E-state index contributed by atoms with van der Waals surface area (Å²) in [6.45, 7) is 4.70. The Bertz CT molecular complexity index is 1470. The van der Waals surface area contributed by atoms with E-state index in [1.165, 1.54) is 0 Å². The first kappa shape index (κ1) is 22.9. The number of carbonyl (C=O) groups is 1. The first-order chi connectivity index (χ1) is 17.0. The summed E-state index contributed by atoms with van der Waals surface area (Å²) in [4.78, 5) is 12.9. The monoisotopic (exact) mass is 529 g/mol. The number of benzene rings is 2. The molecule has 3 aromatic heterocycles. The number of hydrogen-bond acceptors (Lipinski definition) is 4. The van der Waals surface area contributed by atoms with Gasteiger partial charge in [0, 0.05) is 23.9 Å². The number of hydrogen-bond donors (Lipinski definition) is 1. The lowest BCUT2D eigenvalue weighted by Gasteiger charge is -2.05. The van der Waals surface area contributed by atoms with E-state index in [9.17, 15) is 4.79 Å². The Labute approximate surface area is 211 Å². The van der Waals surface area contributed by atoms with Crippen molar-refractivity contribution in [2.45, 2.75) is 26.9 Å². The highest BCUT2D eigenvalue weighted by molar-refractivity contribution is 9.10. The molecule has 0 aliphatic rings. The van der Waals surface area contributed by atoms with Crippen LogP contribution in [0.4, 0.5) is 0 Å². The van der Waals surface area contributed by atoms with Crippen molar-refractivity contribution in [1.82, 2.24) is 24.9 Å². The number of halogens is 1. The Morgan fingerprint density at radius 1 is 0.971 bits per heavy atom. The van der Waals surface area contributed by atoms with E-state index < -0.39 is 0 Å². The highest BCUT2D eigenvalue weighted by Crippen LogP contribution is 2.24. The fourth-order valence-corrected chi connectivity index (χ4v) is 4.20. The van der Waals surface area contributed by atoms with E-state index in [1.54, 1.807) is 6.07 Å². The molecule has 1 amide bonds. The molecule has 176 valence electrons. The van der Waals surface area contributed by atoms with Crippen molar-refractivity contribution in [3.8, 4) is 16.9 Å². The maximum atomic E-state index is 12.9. The van der Waals surface area contributed by atoms with Crippen LogP contribution in [-0.2, 0) is 13.1 Å². The van der Waals surface area contributed by atoms with Gasteiger partial charge in [0.25, 0.3) is 5.91 Å². The van der Waals surface area contributed by atoms with Gasteiger partial charge in [-0.3, -0.25) is 9.48 Å². The summed E-state index contributed by atoms with van der Waals surface area (Å²) in [5.74, 6) is 0.643. The van der Waals surface area contributed by atoms with Crippen molar-refractivity contribution in [2.24, 2.45) is 0 Å². The minimum Gasteiger partial charge on any atom is -0.454 e. The first-order valence-electron chi connectivity index (χ1n) is 11.3. The number of aryl methyl sites for hydroxylation is 1. The summed E-state index contributed by atoms with van der Waals surface area (Å²) in [5, 5.41) is 12.3. The van der Waals surface area contributed by atoms with Crippen molar-refractivity contribution in [2.75, 3.05) is 0 Å². The summed E-state index contributed by atoms with van der Waals surface area (Å²) in [7, 11) is 0. The molecule has 0 aliphatic carbocycles. The van der Waals surface area contributed by atoms with Crippen molar-refractivity contribution in [3.05, 3.63) is 112 Å². The van der Waals surface area contributed by atoms with Gasteiger partial charge in [0.05, 0.1) is 33.8 Å². The molecule has 2 aromatic carbocycles. The van der Waals surface area contributed by atoms with Crippen molar-refractivity contribution < 1.29 is 9.21 Å². The largest absolute Gasteiger partial charge is 0.454 e. The summed E-state index contributed by atoms with van der Waals surface area (Å²) < 4.78 is 10.5. The lowest BCUT2D eigenvalue weighted by molar-refractivity contribution is 0.0921.